The maximum atomic E-state index is 8.72. The molecule has 22 heavy (non-hydrogen) atoms. The van der Waals surface area contributed by atoms with E-state index >= 15 is 0 Å². The summed E-state index contributed by atoms with van der Waals surface area (Å²) in [4.78, 5) is 8.62. The SMILES string of the molecule is N#Cc1ccc(NCCc2coc(-c3ccccc3)n2)nc1. The van der Waals surface area contributed by atoms with Crippen LogP contribution in [0, 0.1) is 11.3 Å². The topological polar surface area (TPSA) is 74.7 Å². The molecule has 3 aromatic rings. The normalized spacial score (nSPS) is 10.1. The van der Waals surface area contributed by atoms with E-state index in [1.807, 2.05) is 36.4 Å². The Bertz CT molecular complexity index is 772. The van der Waals surface area contributed by atoms with E-state index in [1.54, 1.807) is 24.6 Å². The number of nitrogens with one attached hydrogen (secondary N) is 1. The van der Waals surface area contributed by atoms with Gasteiger partial charge in [-0.25, -0.2) is 9.97 Å². The largest absolute Gasteiger partial charge is 0.444 e. The van der Waals surface area contributed by atoms with Crippen LogP contribution in [0.25, 0.3) is 11.5 Å². The van der Waals surface area contributed by atoms with Crippen molar-refractivity contribution in [2.45, 2.75) is 6.42 Å². The van der Waals surface area contributed by atoms with Gasteiger partial charge in [0.05, 0.1) is 11.3 Å². The van der Waals surface area contributed by atoms with E-state index in [1.165, 1.54) is 0 Å². The van der Waals surface area contributed by atoms with Gasteiger partial charge in [-0.15, -0.1) is 0 Å². The quantitative estimate of drug-likeness (QED) is 0.780. The van der Waals surface area contributed by atoms with Crippen LogP contribution in [0.4, 0.5) is 5.82 Å². The summed E-state index contributed by atoms with van der Waals surface area (Å²) < 4.78 is 5.49. The summed E-state index contributed by atoms with van der Waals surface area (Å²) in [6.07, 6.45) is 3.96. The number of oxazole rings is 1. The lowest BCUT2D eigenvalue weighted by atomic mass is 10.2. The smallest absolute Gasteiger partial charge is 0.226 e. The Morgan fingerprint density at radius 2 is 2.00 bits per heavy atom. The third kappa shape index (κ3) is 3.30. The minimum absolute atomic E-state index is 0.551. The highest BCUT2D eigenvalue weighted by Gasteiger charge is 2.06. The molecule has 0 spiro atoms. The van der Waals surface area contributed by atoms with Crippen LogP contribution < -0.4 is 5.32 Å². The molecule has 1 N–H and O–H groups in total. The Balaban J connectivity index is 1.56. The number of benzene rings is 1. The average molecular weight is 290 g/mol. The van der Waals surface area contributed by atoms with Crippen LogP contribution in [0.15, 0.2) is 59.3 Å². The van der Waals surface area contributed by atoms with Crippen molar-refractivity contribution in [3.63, 3.8) is 0 Å². The fourth-order valence-electron chi connectivity index (χ4n) is 2.02. The molecule has 0 saturated heterocycles. The summed E-state index contributed by atoms with van der Waals surface area (Å²) in [6, 6.07) is 15.4. The minimum Gasteiger partial charge on any atom is -0.444 e. The summed E-state index contributed by atoms with van der Waals surface area (Å²) >= 11 is 0. The molecule has 108 valence electrons. The van der Waals surface area contributed by atoms with Crippen molar-refractivity contribution in [3.8, 4) is 17.5 Å². The Morgan fingerprint density at radius 1 is 1.14 bits per heavy atom. The maximum Gasteiger partial charge on any atom is 0.226 e. The lowest BCUT2D eigenvalue weighted by Gasteiger charge is -2.03. The highest BCUT2D eigenvalue weighted by atomic mass is 16.3. The van der Waals surface area contributed by atoms with E-state index in [2.05, 4.69) is 15.3 Å². The number of hydrogen-bond acceptors (Lipinski definition) is 5. The Morgan fingerprint density at radius 3 is 2.73 bits per heavy atom. The van der Waals surface area contributed by atoms with E-state index in [9.17, 15) is 0 Å². The molecule has 2 aromatic heterocycles. The first-order chi connectivity index (χ1) is 10.8. The summed E-state index contributed by atoms with van der Waals surface area (Å²) in [6.45, 7) is 0.694. The van der Waals surface area contributed by atoms with Gasteiger partial charge in [-0.2, -0.15) is 5.26 Å². The Hall–Kier alpha value is -3.13. The third-order valence-electron chi connectivity index (χ3n) is 3.15. The molecule has 0 aliphatic heterocycles. The summed E-state index contributed by atoms with van der Waals surface area (Å²) in [5.41, 5.74) is 2.41. The number of aromatic nitrogens is 2. The van der Waals surface area contributed by atoms with Crippen LogP contribution in [0.2, 0.25) is 0 Å². The zero-order valence-electron chi connectivity index (χ0n) is 11.9. The zero-order valence-corrected chi connectivity index (χ0v) is 11.9. The molecule has 1 aromatic carbocycles. The molecule has 0 fully saturated rings. The molecular formula is C17H14N4O. The first kappa shape index (κ1) is 13.8. The average Bonchev–Trinajstić information content (AvgIpc) is 3.05. The zero-order chi connectivity index (χ0) is 15.2. The Kier molecular flexibility index (Phi) is 4.12. The summed E-state index contributed by atoms with van der Waals surface area (Å²) in [5.74, 6) is 1.37. The van der Waals surface area contributed by atoms with Gasteiger partial charge in [0.15, 0.2) is 0 Å². The molecule has 0 radical (unpaired) electrons. The van der Waals surface area contributed by atoms with Crippen LogP contribution in [0.1, 0.15) is 11.3 Å². The first-order valence-corrected chi connectivity index (χ1v) is 6.95. The van der Waals surface area contributed by atoms with Crippen molar-refractivity contribution in [1.82, 2.24) is 9.97 Å². The van der Waals surface area contributed by atoms with Gasteiger partial charge in [0.25, 0.3) is 0 Å². The fourth-order valence-corrected chi connectivity index (χ4v) is 2.02. The second-order valence-corrected chi connectivity index (χ2v) is 4.73. The van der Waals surface area contributed by atoms with Gasteiger partial charge in [-0.05, 0) is 24.3 Å². The monoisotopic (exact) mass is 290 g/mol. The minimum atomic E-state index is 0.551. The lowest BCUT2D eigenvalue weighted by molar-refractivity contribution is 0.572. The molecular weight excluding hydrogens is 276 g/mol. The van der Waals surface area contributed by atoms with Crippen molar-refractivity contribution in [3.05, 3.63) is 66.2 Å². The van der Waals surface area contributed by atoms with Gasteiger partial charge in [0.1, 0.15) is 18.2 Å². The molecule has 0 aliphatic rings. The van der Waals surface area contributed by atoms with Gasteiger partial charge in [-0.3, -0.25) is 0 Å². The second kappa shape index (κ2) is 6.55. The van der Waals surface area contributed by atoms with Crippen molar-refractivity contribution in [2.24, 2.45) is 0 Å². The predicted octanol–water partition coefficient (Wildman–Crippen LogP) is 3.26. The lowest BCUT2D eigenvalue weighted by Crippen LogP contribution is -2.06. The molecule has 0 bridgehead atoms. The predicted molar refractivity (Wildman–Crippen MR) is 83.1 cm³/mol. The summed E-state index contributed by atoms with van der Waals surface area (Å²) in [7, 11) is 0. The number of rotatable bonds is 5. The van der Waals surface area contributed by atoms with Crippen LogP contribution in [-0.4, -0.2) is 16.5 Å². The fraction of sp³-hybridized carbons (Fsp3) is 0.118. The Labute approximate surface area is 128 Å². The number of anilines is 1. The highest BCUT2D eigenvalue weighted by Crippen LogP contribution is 2.18. The molecule has 0 aliphatic carbocycles. The second-order valence-electron chi connectivity index (χ2n) is 4.73. The van der Waals surface area contributed by atoms with Crippen molar-refractivity contribution in [1.29, 1.82) is 5.26 Å². The number of nitriles is 1. The van der Waals surface area contributed by atoms with Crippen LogP contribution in [0.5, 0.6) is 0 Å². The number of hydrogen-bond donors (Lipinski definition) is 1. The highest BCUT2D eigenvalue weighted by molar-refractivity contribution is 5.52. The van der Waals surface area contributed by atoms with Gasteiger partial charge in [0, 0.05) is 24.7 Å². The van der Waals surface area contributed by atoms with E-state index in [4.69, 9.17) is 9.68 Å². The van der Waals surface area contributed by atoms with Crippen LogP contribution in [0.3, 0.4) is 0 Å². The molecule has 0 amide bonds. The first-order valence-electron chi connectivity index (χ1n) is 6.95. The van der Waals surface area contributed by atoms with E-state index < -0.39 is 0 Å². The molecule has 0 saturated carbocycles. The molecule has 3 rings (SSSR count). The maximum absolute atomic E-state index is 8.72. The number of nitrogens with zero attached hydrogens (tertiary/aromatic N) is 3. The van der Waals surface area contributed by atoms with Gasteiger partial charge < -0.3 is 9.73 Å². The van der Waals surface area contributed by atoms with Crippen LogP contribution >= 0.6 is 0 Å². The van der Waals surface area contributed by atoms with Crippen LogP contribution in [-0.2, 0) is 6.42 Å². The van der Waals surface area contributed by atoms with Crippen molar-refractivity contribution >= 4 is 5.82 Å². The molecule has 0 unspecified atom stereocenters. The summed E-state index contributed by atoms with van der Waals surface area (Å²) in [5, 5.41) is 11.9. The van der Waals surface area contributed by atoms with E-state index in [0.29, 0.717) is 18.0 Å². The molecule has 0 atom stereocenters. The van der Waals surface area contributed by atoms with Crippen molar-refractivity contribution < 1.29 is 4.42 Å². The van der Waals surface area contributed by atoms with E-state index in [0.717, 1.165) is 23.5 Å². The number of pyridine rings is 1. The molecule has 5 heteroatoms. The molecule has 5 nitrogen and oxygen atoms in total. The van der Waals surface area contributed by atoms with Gasteiger partial charge >= 0.3 is 0 Å². The third-order valence-corrected chi connectivity index (χ3v) is 3.15. The van der Waals surface area contributed by atoms with E-state index in [-0.39, 0.29) is 0 Å². The molecule has 2 heterocycles. The van der Waals surface area contributed by atoms with Gasteiger partial charge in [0.2, 0.25) is 5.89 Å². The standard InChI is InChI=1S/C17H14N4O/c18-10-13-6-7-16(20-11-13)19-9-8-15-12-22-17(21-15)14-4-2-1-3-5-14/h1-7,11-12H,8-9H2,(H,19,20). The van der Waals surface area contributed by atoms with Crippen molar-refractivity contribution in [2.75, 3.05) is 11.9 Å². The van der Waals surface area contributed by atoms with Gasteiger partial charge in [-0.1, -0.05) is 18.2 Å².